The molecule has 0 bridgehead atoms. The van der Waals surface area contributed by atoms with Gasteiger partial charge < -0.3 is 5.32 Å². The van der Waals surface area contributed by atoms with E-state index in [0.717, 1.165) is 43.2 Å². The zero-order valence-corrected chi connectivity index (χ0v) is 18.2. The van der Waals surface area contributed by atoms with Crippen LogP contribution < -0.4 is 10.7 Å². The van der Waals surface area contributed by atoms with Crippen LogP contribution in [0.25, 0.3) is 5.69 Å². The average molecular weight is 437 g/mol. The van der Waals surface area contributed by atoms with Gasteiger partial charge in [0.1, 0.15) is 0 Å². The lowest BCUT2D eigenvalue weighted by Gasteiger charge is -2.32. The van der Waals surface area contributed by atoms with Gasteiger partial charge >= 0.3 is 0 Å². The molecule has 2 aromatic carbocycles. The normalized spacial score (nSPS) is 15.0. The highest BCUT2D eigenvalue weighted by Gasteiger charge is 2.23. The number of amides is 1. The lowest BCUT2D eigenvalue weighted by atomic mass is 10.0. The first-order valence-electron chi connectivity index (χ1n) is 10.4. The van der Waals surface area contributed by atoms with Crippen molar-refractivity contribution in [3.63, 3.8) is 0 Å². The number of halogens is 1. The van der Waals surface area contributed by atoms with Crippen molar-refractivity contribution >= 4 is 17.5 Å². The predicted octanol–water partition coefficient (Wildman–Crippen LogP) is 3.59. The van der Waals surface area contributed by atoms with Crippen LogP contribution in [0.2, 0.25) is 5.02 Å². The van der Waals surface area contributed by atoms with E-state index in [1.54, 1.807) is 11.6 Å². The number of carbonyl (C=O) groups excluding carboxylic acids is 1. The number of hydrogen-bond donors (Lipinski definition) is 1. The summed E-state index contributed by atoms with van der Waals surface area (Å²) in [7, 11) is 0. The van der Waals surface area contributed by atoms with Crippen LogP contribution in [-0.2, 0) is 6.54 Å². The second-order valence-corrected chi connectivity index (χ2v) is 8.33. The molecule has 31 heavy (non-hydrogen) atoms. The van der Waals surface area contributed by atoms with Crippen molar-refractivity contribution in [1.82, 2.24) is 20.0 Å². The van der Waals surface area contributed by atoms with Crippen LogP contribution in [0.5, 0.6) is 0 Å². The highest BCUT2D eigenvalue weighted by atomic mass is 35.5. The van der Waals surface area contributed by atoms with Gasteiger partial charge in [-0.1, -0.05) is 41.9 Å². The molecule has 1 aromatic heterocycles. The first-order valence-corrected chi connectivity index (χ1v) is 10.8. The second kappa shape index (κ2) is 9.45. The molecule has 1 fully saturated rings. The Morgan fingerprint density at radius 1 is 1.10 bits per heavy atom. The summed E-state index contributed by atoms with van der Waals surface area (Å²) in [6.45, 7) is 4.42. The van der Waals surface area contributed by atoms with Crippen molar-refractivity contribution in [2.75, 3.05) is 13.1 Å². The molecule has 3 aromatic rings. The monoisotopic (exact) mass is 436 g/mol. The fourth-order valence-corrected chi connectivity index (χ4v) is 4.00. The molecule has 160 valence electrons. The number of rotatable bonds is 5. The van der Waals surface area contributed by atoms with Crippen LogP contribution in [0.3, 0.4) is 0 Å². The molecular weight excluding hydrogens is 412 g/mol. The molecule has 0 aliphatic carbocycles. The maximum atomic E-state index is 12.8. The minimum atomic E-state index is -0.411. The van der Waals surface area contributed by atoms with Crippen molar-refractivity contribution in [3.05, 3.63) is 92.9 Å². The van der Waals surface area contributed by atoms with E-state index in [2.05, 4.69) is 15.3 Å². The summed E-state index contributed by atoms with van der Waals surface area (Å²) < 4.78 is 1.63. The Morgan fingerprint density at radius 2 is 1.77 bits per heavy atom. The van der Waals surface area contributed by atoms with Gasteiger partial charge in [0, 0.05) is 42.5 Å². The van der Waals surface area contributed by atoms with Crippen LogP contribution in [0.4, 0.5) is 0 Å². The van der Waals surface area contributed by atoms with Gasteiger partial charge in [-0.3, -0.25) is 14.5 Å². The zero-order chi connectivity index (χ0) is 21.8. The van der Waals surface area contributed by atoms with Gasteiger partial charge in [0.05, 0.1) is 5.69 Å². The highest BCUT2D eigenvalue weighted by Crippen LogP contribution is 2.16. The number of nitrogens with one attached hydrogen (secondary N) is 1. The number of piperidine rings is 1. The standard InChI is InChI=1S/C24H25ClN4O2/c1-17-15-22(30)23(27-29(17)21-5-3-2-4-6-21)24(31)26-20-11-13-28(14-12-20)16-18-7-9-19(25)10-8-18/h2-10,15,20H,11-14,16H2,1H3,(H,26,31). The number of hydrogen-bond acceptors (Lipinski definition) is 4. The molecule has 0 saturated carbocycles. The molecule has 4 rings (SSSR count). The first kappa shape index (κ1) is 21.3. The summed E-state index contributed by atoms with van der Waals surface area (Å²) in [5.41, 5.74) is 2.28. The maximum absolute atomic E-state index is 12.8. The van der Waals surface area contributed by atoms with Gasteiger partial charge in [0.25, 0.3) is 5.91 Å². The lowest BCUT2D eigenvalue weighted by Crippen LogP contribution is -2.45. The molecule has 1 saturated heterocycles. The SMILES string of the molecule is Cc1cc(=O)c(C(=O)NC2CCN(Cc3ccc(Cl)cc3)CC2)nn1-c1ccccc1. The fourth-order valence-electron chi connectivity index (χ4n) is 3.87. The van der Waals surface area contributed by atoms with Gasteiger partial charge in [-0.15, -0.1) is 0 Å². The van der Waals surface area contributed by atoms with Gasteiger partial charge in [0.15, 0.2) is 5.69 Å². The molecule has 1 aliphatic heterocycles. The van der Waals surface area contributed by atoms with Crippen LogP contribution in [0.1, 0.15) is 34.6 Å². The largest absolute Gasteiger partial charge is 0.348 e. The fraction of sp³-hybridized carbons (Fsp3) is 0.292. The minimum Gasteiger partial charge on any atom is -0.348 e. The molecule has 0 spiro atoms. The highest BCUT2D eigenvalue weighted by molar-refractivity contribution is 6.30. The van der Waals surface area contributed by atoms with Crippen LogP contribution in [-0.4, -0.2) is 39.7 Å². The molecule has 1 N–H and O–H groups in total. The molecule has 1 amide bonds. The number of aryl methyl sites for hydroxylation is 1. The summed E-state index contributed by atoms with van der Waals surface area (Å²) >= 11 is 5.95. The molecule has 2 heterocycles. The van der Waals surface area contributed by atoms with E-state index in [1.165, 1.54) is 11.6 Å². The summed E-state index contributed by atoms with van der Waals surface area (Å²) in [5.74, 6) is -0.411. The van der Waals surface area contributed by atoms with E-state index in [-0.39, 0.29) is 17.2 Å². The van der Waals surface area contributed by atoms with Crippen LogP contribution in [0, 0.1) is 6.92 Å². The Morgan fingerprint density at radius 3 is 2.45 bits per heavy atom. The zero-order valence-electron chi connectivity index (χ0n) is 17.4. The number of para-hydroxylation sites is 1. The van der Waals surface area contributed by atoms with Crippen LogP contribution >= 0.6 is 11.6 Å². The topological polar surface area (TPSA) is 67.2 Å². The number of nitrogens with zero attached hydrogens (tertiary/aromatic N) is 3. The maximum Gasteiger partial charge on any atom is 0.276 e. The molecule has 0 unspecified atom stereocenters. The van der Waals surface area contributed by atoms with E-state index < -0.39 is 5.91 Å². The third-order valence-corrected chi connectivity index (χ3v) is 5.82. The second-order valence-electron chi connectivity index (χ2n) is 7.90. The molecule has 0 radical (unpaired) electrons. The summed E-state index contributed by atoms with van der Waals surface area (Å²) in [4.78, 5) is 27.6. The molecule has 6 nitrogen and oxygen atoms in total. The Bertz CT molecular complexity index is 1100. The van der Waals surface area contributed by atoms with E-state index >= 15 is 0 Å². The summed E-state index contributed by atoms with van der Waals surface area (Å²) in [6.07, 6.45) is 1.66. The van der Waals surface area contributed by atoms with Crippen LogP contribution in [0.15, 0.2) is 65.5 Å². The van der Waals surface area contributed by atoms with E-state index in [4.69, 9.17) is 11.6 Å². The predicted molar refractivity (Wildman–Crippen MR) is 122 cm³/mol. The molecular formula is C24H25ClN4O2. The van der Waals surface area contributed by atoms with Gasteiger partial charge in [-0.05, 0) is 49.6 Å². The Balaban J connectivity index is 1.39. The quantitative estimate of drug-likeness (QED) is 0.663. The van der Waals surface area contributed by atoms with Crippen molar-refractivity contribution in [3.8, 4) is 5.69 Å². The number of likely N-dealkylation sites (tertiary alicyclic amines) is 1. The number of benzene rings is 2. The van der Waals surface area contributed by atoms with Crippen molar-refractivity contribution < 1.29 is 4.79 Å². The smallest absolute Gasteiger partial charge is 0.276 e. The molecule has 0 atom stereocenters. The number of aromatic nitrogens is 2. The van der Waals surface area contributed by atoms with Gasteiger partial charge in [-0.2, -0.15) is 5.10 Å². The first-order chi connectivity index (χ1) is 15.0. The molecule has 7 heteroatoms. The third kappa shape index (κ3) is 5.21. The van der Waals surface area contributed by atoms with Gasteiger partial charge in [-0.25, -0.2) is 4.68 Å². The van der Waals surface area contributed by atoms with Crippen molar-refractivity contribution in [1.29, 1.82) is 0 Å². The summed E-state index contributed by atoms with van der Waals surface area (Å²) in [6, 6.07) is 18.9. The Labute approximate surface area is 186 Å². The lowest BCUT2D eigenvalue weighted by molar-refractivity contribution is 0.0901. The number of carbonyl (C=O) groups is 1. The Kier molecular flexibility index (Phi) is 6.49. The van der Waals surface area contributed by atoms with E-state index in [0.29, 0.717) is 5.69 Å². The van der Waals surface area contributed by atoms with Gasteiger partial charge in [0.2, 0.25) is 5.43 Å². The van der Waals surface area contributed by atoms with E-state index in [9.17, 15) is 9.59 Å². The summed E-state index contributed by atoms with van der Waals surface area (Å²) in [5, 5.41) is 8.10. The van der Waals surface area contributed by atoms with Crippen molar-refractivity contribution in [2.24, 2.45) is 0 Å². The van der Waals surface area contributed by atoms with E-state index in [1.807, 2.05) is 54.6 Å². The third-order valence-electron chi connectivity index (χ3n) is 5.57. The average Bonchev–Trinajstić information content (AvgIpc) is 2.77. The molecule has 1 aliphatic rings. The Hall–Kier alpha value is -2.96. The van der Waals surface area contributed by atoms with Crippen molar-refractivity contribution in [2.45, 2.75) is 32.4 Å². The minimum absolute atomic E-state index is 0.0293.